The number of carbonyl (C=O) groups is 1. The van der Waals surface area contributed by atoms with Crippen LogP contribution in [-0.4, -0.2) is 16.2 Å². The lowest BCUT2D eigenvalue weighted by Gasteiger charge is -2.31. The quantitative estimate of drug-likeness (QED) is 0.893. The van der Waals surface area contributed by atoms with Crippen LogP contribution in [0.5, 0.6) is 0 Å². The minimum Gasteiger partial charge on any atom is -0.481 e. The summed E-state index contributed by atoms with van der Waals surface area (Å²) in [5.41, 5.74) is 0.943. The molecular weight excluding hydrogens is 272 g/mol. The number of aliphatic hydroxyl groups is 1. The van der Waals surface area contributed by atoms with Gasteiger partial charge in [0.25, 0.3) is 0 Å². The Bertz CT molecular complexity index is 424. The summed E-state index contributed by atoms with van der Waals surface area (Å²) < 4.78 is 0.673. The zero-order valence-electron chi connectivity index (χ0n) is 10.2. The molecule has 2 N–H and O–H groups in total. The van der Waals surface area contributed by atoms with Crippen molar-refractivity contribution in [1.82, 2.24) is 0 Å². The highest BCUT2D eigenvalue weighted by atomic mass is 35.5. The Balaban J connectivity index is 2.20. The van der Waals surface area contributed by atoms with Crippen LogP contribution in [0.25, 0.3) is 0 Å². The van der Waals surface area contributed by atoms with Gasteiger partial charge in [-0.25, -0.2) is 0 Å². The third-order valence-electron chi connectivity index (χ3n) is 3.71. The van der Waals surface area contributed by atoms with E-state index in [-0.39, 0.29) is 5.92 Å². The molecule has 1 fully saturated rings. The van der Waals surface area contributed by atoms with Gasteiger partial charge in [0, 0.05) is 10.8 Å². The fourth-order valence-corrected chi connectivity index (χ4v) is 3.96. The molecule has 1 aromatic heterocycles. The number of hydrogen-bond acceptors (Lipinski definition) is 3. The second-order valence-electron chi connectivity index (χ2n) is 4.94. The minimum atomic E-state index is -0.793. The Hall–Kier alpha value is -0.580. The van der Waals surface area contributed by atoms with Crippen molar-refractivity contribution >= 4 is 28.9 Å². The normalized spacial score (nSPS) is 25.9. The number of aryl methyl sites for hydroxylation is 1. The molecule has 18 heavy (non-hydrogen) atoms. The van der Waals surface area contributed by atoms with E-state index in [1.54, 1.807) is 0 Å². The molecule has 100 valence electrons. The molecule has 3 atom stereocenters. The summed E-state index contributed by atoms with van der Waals surface area (Å²) in [6.07, 6.45) is 2.65. The average molecular weight is 289 g/mol. The lowest BCUT2D eigenvalue weighted by Crippen LogP contribution is -2.31. The van der Waals surface area contributed by atoms with Crippen molar-refractivity contribution < 1.29 is 15.0 Å². The van der Waals surface area contributed by atoms with Crippen LogP contribution in [0.4, 0.5) is 0 Å². The van der Waals surface area contributed by atoms with Crippen molar-refractivity contribution in [1.29, 1.82) is 0 Å². The first-order valence-electron chi connectivity index (χ1n) is 6.17. The maximum atomic E-state index is 11.2. The summed E-state index contributed by atoms with van der Waals surface area (Å²) in [6, 6.07) is 1.87. The van der Waals surface area contributed by atoms with E-state index >= 15 is 0 Å². The molecule has 0 saturated heterocycles. The molecule has 1 heterocycles. The van der Waals surface area contributed by atoms with E-state index in [4.69, 9.17) is 11.6 Å². The number of rotatable bonds is 3. The minimum absolute atomic E-state index is 0.189. The molecule has 0 amide bonds. The van der Waals surface area contributed by atoms with E-state index in [1.165, 1.54) is 11.3 Å². The van der Waals surface area contributed by atoms with Crippen LogP contribution in [0.1, 0.15) is 42.2 Å². The standard InChI is InChI=1S/C13H17ClO3S/c1-7-6-10(18-12(7)14)11(15)8-4-2-3-5-9(8)13(16)17/h6,8-9,11,15H,2-5H2,1H3,(H,16,17). The first-order valence-corrected chi connectivity index (χ1v) is 7.37. The van der Waals surface area contributed by atoms with Crippen LogP contribution in [0.15, 0.2) is 6.07 Å². The van der Waals surface area contributed by atoms with Gasteiger partial charge in [-0.15, -0.1) is 11.3 Å². The third-order valence-corrected chi connectivity index (χ3v) is 5.34. The van der Waals surface area contributed by atoms with E-state index in [0.717, 1.165) is 29.7 Å². The second kappa shape index (κ2) is 5.59. The molecule has 3 unspecified atom stereocenters. The topological polar surface area (TPSA) is 57.5 Å². The van der Waals surface area contributed by atoms with Gasteiger partial charge in [0.15, 0.2) is 0 Å². The number of aliphatic carboxylic acids is 1. The molecule has 1 saturated carbocycles. The van der Waals surface area contributed by atoms with E-state index in [2.05, 4.69) is 0 Å². The van der Waals surface area contributed by atoms with Crippen LogP contribution in [0, 0.1) is 18.8 Å². The molecule has 2 rings (SSSR count). The number of hydrogen-bond donors (Lipinski definition) is 2. The van der Waals surface area contributed by atoms with Crippen LogP contribution in [0.2, 0.25) is 4.34 Å². The number of carboxylic acids is 1. The zero-order valence-corrected chi connectivity index (χ0v) is 11.8. The summed E-state index contributed by atoms with van der Waals surface area (Å²) in [5.74, 6) is -1.42. The summed E-state index contributed by atoms with van der Waals surface area (Å²) >= 11 is 7.35. The monoisotopic (exact) mass is 288 g/mol. The molecule has 1 aromatic rings. The maximum absolute atomic E-state index is 11.2. The van der Waals surface area contributed by atoms with Crippen molar-refractivity contribution in [3.63, 3.8) is 0 Å². The van der Waals surface area contributed by atoms with Crippen molar-refractivity contribution in [2.75, 3.05) is 0 Å². The number of halogens is 1. The molecule has 3 nitrogen and oxygen atoms in total. The zero-order chi connectivity index (χ0) is 13.3. The number of aliphatic hydroxyl groups excluding tert-OH is 1. The number of carboxylic acid groups (broad SMARTS) is 1. The van der Waals surface area contributed by atoms with Gasteiger partial charge in [0.2, 0.25) is 0 Å². The molecule has 0 radical (unpaired) electrons. The Kier molecular flexibility index (Phi) is 4.30. The second-order valence-corrected chi connectivity index (χ2v) is 6.63. The van der Waals surface area contributed by atoms with Gasteiger partial charge in [0.1, 0.15) is 0 Å². The highest BCUT2D eigenvalue weighted by molar-refractivity contribution is 7.16. The van der Waals surface area contributed by atoms with Crippen LogP contribution < -0.4 is 0 Å². The highest BCUT2D eigenvalue weighted by Crippen LogP contribution is 2.42. The third kappa shape index (κ3) is 2.71. The van der Waals surface area contributed by atoms with Gasteiger partial charge < -0.3 is 10.2 Å². The van der Waals surface area contributed by atoms with Crippen molar-refractivity contribution in [3.05, 3.63) is 20.8 Å². The molecule has 1 aliphatic rings. The van der Waals surface area contributed by atoms with Gasteiger partial charge in [-0.3, -0.25) is 4.79 Å². The van der Waals surface area contributed by atoms with Crippen LogP contribution >= 0.6 is 22.9 Å². The Morgan fingerprint density at radius 3 is 2.72 bits per heavy atom. The van der Waals surface area contributed by atoms with Crippen LogP contribution in [-0.2, 0) is 4.79 Å². The van der Waals surface area contributed by atoms with E-state index in [1.807, 2.05) is 13.0 Å². The van der Waals surface area contributed by atoms with Gasteiger partial charge in [-0.1, -0.05) is 24.4 Å². The average Bonchev–Trinajstić information content (AvgIpc) is 2.68. The predicted molar refractivity (Wildman–Crippen MR) is 72.1 cm³/mol. The lowest BCUT2D eigenvalue weighted by molar-refractivity contribution is -0.147. The summed E-state index contributed by atoms with van der Waals surface area (Å²) in [7, 11) is 0. The fourth-order valence-electron chi connectivity index (χ4n) is 2.68. The van der Waals surface area contributed by atoms with Gasteiger partial charge in [-0.05, 0) is 31.4 Å². The Morgan fingerprint density at radius 2 is 2.17 bits per heavy atom. The van der Waals surface area contributed by atoms with E-state index < -0.39 is 18.0 Å². The molecule has 0 aliphatic heterocycles. The Morgan fingerprint density at radius 1 is 1.50 bits per heavy atom. The largest absolute Gasteiger partial charge is 0.481 e. The van der Waals surface area contributed by atoms with Gasteiger partial charge >= 0.3 is 5.97 Å². The molecule has 0 bridgehead atoms. The maximum Gasteiger partial charge on any atom is 0.306 e. The molecule has 0 aromatic carbocycles. The van der Waals surface area contributed by atoms with E-state index in [9.17, 15) is 15.0 Å². The van der Waals surface area contributed by atoms with Crippen molar-refractivity contribution in [2.24, 2.45) is 11.8 Å². The highest BCUT2D eigenvalue weighted by Gasteiger charge is 2.36. The summed E-state index contributed by atoms with van der Waals surface area (Å²) in [6.45, 7) is 1.89. The van der Waals surface area contributed by atoms with Gasteiger partial charge in [0.05, 0.1) is 16.4 Å². The van der Waals surface area contributed by atoms with Crippen molar-refractivity contribution in [2.45, 2.75) is 38.7 Å². The first kappa shape index (κ1) is 13.8. The Labute approximate surface area is 115 Å². The first-order chi connectivity index (χ1) is 8.50. The lowest BCUT2D eigenvalue weighted by atomic mass is 9.76. The summed E-state index contributed by atoms with van der Waals surface area (Å²) in [4.78, 5) is 12.0. The van der Waals surface area contributed by atoms with Crippen LogP contribution in [0.3, 0.4) is 0 Å². The number of thiophene rings is 1. The molecule has 0 spiro atoms. The van der Waals surface area contributed by atoms with Gasteiger partial charge in [-0.2, -0.15) is 0 Å². The smallest absolute Gasteiger partial charge is 0.306 e. The fraction of sp³-hybridized carbons (Fsp3) is 0.615. The SMILES string of the molecule is Cc1cc(C(O)C2CCCCC2C(=O)O)sc1Cl. The molecule has 1 aliphatic carbocycles. The van der Waals surface area contributed by atoms with E-state index in [0.29, 0.717) is 10.8 Å². The predicted octanol–water partition coefficient (Wildman–Crippen LogP) is 3.63. The summed E-state index contributed by atoms with van der Waals surface area (Å²) in [5, 5.41) is 19.6. The molecule has 5 heteroatoms. The van der Waals surface area contributed by atoms with Crippen molar-refractivity contribution in [3.8, 4) is 0 Å². The molecular formula is C13H17ClO3S.